The van der Waals surface area contributed by atoms with Crippen LogP contribution in [0.15, 0.2) is 0 Å². The normalized spacial score (nSPS) is 7.94. The van der Waals surface area contributed by atoms with Crippen molar-refractivity contribution in [2.24, 2.45) is 5.73 Å². The second-order valence-corrected chi connectivity index (χ2v) is 2.07. The van der Waals surface area contributed by atoms with Gasteiger partial charge in [-0.1, -0.05) is 0 Å². The summed E-state index contributed by atoms with van der Waals surface area (Å²) in [6.45, 7) is 0. The van der Waals surface area contributed by atoms with Crippen LogP contribution in [0.1, 0.15) is 0 Å². The summed E-state index contributed by atoms with van der Waals surface area (Å²) in [5, 5.41) is 7.57. The summed E-state index contributed by atoms with van der Waals surface area (Å²) < 4.78 is 0. The average molecular weight is 227 g/mol. The number of urea groups is 1. The first-order chi connectivity index (χ1) is 7.45. The second kappa shape index (κ2) is 6.43. The zero-order chi connectivity index (χ0) is 12.6. The zero-order valence-electron chi connectivity index (χ0n) is 7.91. The fourth-order valence-electron chi connectivity index (χ4n) is 0.500. The van der Waals surface area contributed by atoms with Crippen molar-refractivity contribution in [3.63, 3.8) is 0 Å². The highest BCUT2D eigenvalue weighted by Crippen LogP contribution is 1.97. The number of nitrogens with zero attached hydrogens (tertiary/aromatic N) is 4. The molecule has 0 saturated heterocycles. The average Bonchev–Trinajstić information content (AvgIpc) is 2.13. The predicted molar refractivity (Wildman–Crippen MR) is 52.5 cm³/mol. The van der Waals surface area contributed by atoms with Gasteiger partial charge in [0.1, 0.15) is 0 Å². The van der Waals surface area contributed by atoms with Crippen LogP contribution < -0.4 is 28.4 Å². The van der Waals surface area contributed by atoms with E-state index in [-0.39, 0.29) is 17.8 Å². The van der Waals surface area contributed by atoms with Crippen LogP contribution in [0.2, 0.25) is 0 Å². The minimum absolute atomic E-state index is 0.0417. The van der Waals surface area contributed by atoms with E-state index in [1.54, 1.807) is 5.48 Å². The van der Waals surface area contributed by atoms with Gasteiger partial charge in [0.25, 0.3) is 0 Å². The molecule has 9 N–H and O–H groups in total. The highest BCUT2D eigenvalue weighted by Gasteiger charge is 1.93. The molecule has 11 nitrogen and oxygen atoms in total. The van der Waals surface area contributed by atoms with Gasteiger partial charge in [0, 0.05) is 0 Å². The lowest BCUT2D eigenvalue weighted by Gasteiger charge is -1.93. The minimum atomic E-state index is -0.887. The van der Waals surface area contributed by atoms with Gasteiger partial charge in [0.05, 0.1) is 0 Å². The lowest BCUT2D eigenvalue weighted by molar-refractivity contribution is 0.159. The molecular formula is C5H9N9O2. The summed E-state index contributed by atoms with van der Waals surface area (Å²) in [6.07, 6.45) is 1.19. The molecule has 0 fully saturated rings. The molecule has 0 spiro atoms. The third-order valence-electron chi connectivity index (χ3n) is 0.885. The first kappa shape index (κ1) is 13.0. The van der Waals surface area contributed by atoms with Gasteiger partial charge in [0.15, 0.2) is 0 Å². The molecule has 0 bridgehead atoms. The van der Waals surface area contributed by atoms with Crippen molar-refractivity contribution in [2.45, 2.75) is 0 Å². The molecule has 1 aromatic heterocycles. The fraction of sp³-hybridized carbons (Fsp3) is 0. The summed E-state index contributed by atoms with van der Waals surface area (Å²) in [5.41, 5.74) is 21.4. The summed E-state index contributed by atoms with van der Waals surface area (Å²) in [4.78, 5) is 23.7. The van der Waals surface area contributed by atoms with E-state index in [2.05, 4.69) is 25.5 Å². The van der Waals surface area contributed by atoms with Gasteiger partial charge in [-0.2, -0.15) is 20.4 Å². The summed E-state index contributed by atoms with van der Waals surface area (Å²) in [5.74, 6) is 0.125. The van der Waals surface area contributed by atoms with E-state index in [1.807, 2.05) is 0 Å². The van der Waals surface area contributed by atoms with Crippen molar-refractivity contribution >= 4 is 23.9 Å². The van der Waals surface area contributed by atoms with Crippen molar-refractivity contribution in [3.8, 4) is 6.26 Å². The molecule has 0 unspecified atom stereocenters. The van der Waals surface area contributed by atoms with Gasteiger partial charge in [-0.15, -0.1) is 5.26 Å². The number of primary amides is 1. The maximum atomic E-state index is 9.59. The Balaban J connectivity index is 0.000000293. The molecule has 2 amide bonds. The topological polar surface area (TPSA) is 205 Å². The number of hydrogen-bond donors (Lipinski definition) is 5. The molecule has 0 aliphatic heterocycles. The Morgan fingerprint density at radius 1 is 1.19 bits per heavy atom. The highest BCUT2D eigenvalue weighted by atomic mass is 16.6. The maximum absolute atomic E-state index is 9.59. The Bertz CT molecular complexity index is 349. The number of hydrogen-bond acceptors (Lipinski definition) is 9. The Morgan fingerprint density at radius 2 is 1.56 bits per heavy atom. The van der Waals surface area contributed by atoms with Crippen LogP contribution in [0.4, 0.5) is 22.6 Å². The molecular weight excluding hydrogens is 218 g/mol. The van der Waals surface area contributed by atoms with Gasteiger partial charge in [-0.05, 0) is 0 Å². The lowest BCUT2D eigenvalue weighted by atomic mass is 10.9. The van der Waals surface area contributed by atoms with Crippen molar-refractivity contribution in [3.05, 3.63) is 0 Å². The first-order valence-electron chi connectivity index (χ1n) is 3.58. The van der Waals surface area contributed by atoms with Gasteiger partial charge < -0.3 is 22.9 Å². The van der Waals surface area contributed by atoms with E-state index >= 15 is 0 Å². The number of aromatic nitrogens is 3. The van der Waals surface area contributed by atoms with E-state index < -0.39 is 6.03 Å². The van der Waals surface area contributed by atoms with Crippen molar-refractivity contribution in [1.82, 2.24) is 20.4 Å². The van der Waals surface area contributed by atoms with Crippen molar-refractivity contribution in [1.29, 1.82) is 5.26 Å². The fourth-order valence-corrected chi connectivity index (χ4v) is 0.500. The van der Waals surface area contributed by atoms with Crippen LogP contribution in [-0.2, 0) is 4.84 Å². The third kappa shape index (κ3) is 6.48. The van der Waals surface area contributed by atoms with Crippen molar-refractivity contribution < 1.29 is 9.63 Å². The molecule has 1 heterocycles. The number of rotatable bonds is 1. The number of anilines is 3. The van der Waals surface area contributed by atoms with E-state index in [9.17, 15) is 4.79 Å². The van der Waals surface area contributed by atoms with Crippen LogP contribution in [-0.4, -0.2) is 21.0 Å². The Labute approximate surface area is 89.4 Å². The zero-order valence-corrected chi connectivity index (χ0v) is 7.91. The van der Waals surface area contributed by atoms with Crippen molar-refractivity contribution in [2.75, 3.05) is 17.2 Å². The number of hydroxylamine groups is 1. The molecule has 0 aliphatic carbocycles. The standard InChI is InChI=1S/C3H6N6.C2H3N3O2/c4-1-7-2(5)9-3(6)8-1;3-1-7-5-2(4)6/h(H6,4,5,6,7,8,9);(H3,4,5,6). The number of nitrogen functional groups attached to an aromatic ring is 3. The van der Waals surface area contributed by atoms with Crippen LogP contribution in [0.3, 0.4) is 0 Å². The second-order valence-electron chi connectivity index (χ2n) is 2.07. The molecule has 11 heteroatoms. The summed E-state index contributed by atoms with van der Waals surface area (Å²) in [6, 6.07) is -0.887. The maximum Gasteiger partial charge on any atom is 0.346 e. The van der Waals surface area contributed by atoms with E-state index in [4.69, 9.17) is 22.5 Å². The first-order valence-corrected chi connectivity index (χ1v) is 3.58. The third-order valence-corrected chi connectivity index (χ3v) is 0.885. The summed E-state index contributed by atoms with van der Waals surface area (Å²) >= 11 is 0. The predicted octanol–water partition coefficient (Wildman–Crippen LogP) is -2.31. The Kier molecular flexibility index (Phi) is 5.21. The molecule has 0 atom stereocenters. The number of carbonyl (C=O) groups excluding carboxylic acids is 1. The molecule has 0 saturated carbocycles. The van der Waals surface area contributed by atoms with Gasteiger partial charge >= 0.3 is 12.3 Å². The number of amides is 2. The van der Waals surface area contributed by atoms with Crippen LogP contribution in [0.5, 0.6) is 0 Å². The van der Waals surface area contributed by atoms with Gasteiger partial charge in [0.2, 0.25) is 17.8 Å². The van der Waals surface area contributed by atoms with Gasteiger partial charge in [-0.25, -0.2) is 4.79 Å². The van der Waals surface area contributed by atoms with E-state index in [1.165, 1.54) is 6.26 Å². The number of nitriles is 1. The molecule has 1 aromatic rings. The molecule has 86 valence electrons. The minimum Gasteiger partial charge on any atom is -0.368 e. The van der Waals surface area contributed by atoms with E-state index in [0.29, 0.717) is 0 Å². The molecule has 0 radical (unpaired) electrons. The highest BCUT2D eigenvalue weighted by molar-refractivity contribution is 5.70. The molecule has 0 aliphatic rings. The Morgan fingerprint density at radius 3 is 1.75 bits per heavy atom. The lowest BCUT2D eigenvalue weighted by Crippen LogP contribution is -2.27. The molecule has 1 rings (SSSR count). The molecule has 16 heavy (non-hydrogen) atoms. The molecule has 0 aromatic carbocycles. The van der Waals surface area contributed by atoms with E-state index in [0.717, 1.165) is 0 Å². The summed E-state index contributed by atoms with van der Waals surface area (Å²) in [7, 11) is 0. The smallest absolute Gasteiger partial charge is 0.346 e. The number of nitrogens with two attached hydrogens (primary N) is 4. The quantitative estimate of drug-likeness (QED) is 0.257. The van der Waals surface area contributed by atoms with Crippen LogP contribution in [0, 0.1) is 11.5 Å². The van der Waals surface area contributed by atoms with Crippen LogP contribution in [0.25, 0.3) is 0 Å². The number of nitrogens with one attached hydrogen (secondary N) is 1. The van der Waals surface area contributed by atoms with Crippen LogP contribution >= 0.6 is 0 Å². The monoisotopic (exact) mass is 227 g/mol. The van der Waals surface area contributed by atoms with Gasteiger partial charge in [-0.3, -0.25) is 4.84 Å². The SMILES string of the molecule is N#CONC(N)=O.Nc1nc(N)nc(N)n1. The largest absolute Gasteiger partial charge is 0.368 e. The number of carbonyl (C=O) groups is 1. The Hall–Kier alpha value is -3.03.